The lowest BCUT2D eigenvalue weighted by Gasteiger charge is -2.43. The highest BCUT2D eigenvalue weighted by molar-refractivity contribution is 6.33. The summed E-state index contributed by atoms with van der Waals surface area (Å²) >= 11 is 12.0. The molecule has 2 rings (SSSR count). The van der Waals surface area contributed by atoms with Crippen LogP contribution in [0, 0.1) is 0 Å². The number of anilines is 1. The lowest BCUT2D eigenvalue weighted by Crippen LogP contribution is -2.53. The minimum Gasteiger partial charge on any atom is -0.377 e. The summed E-state index contributed by atoms with van der Waals surface area (Å²) in [6.07, 6.45) is 1.78. The second-order valence-corrected chi connectivity index (χ2v) is 5.47. The Bertz CT molecular complexity index is 409. The van der Waals surface area contributed by atoms with E-state index in [2.05, 4.69) is 23.7 Å². The fourth-order valence-electron chi connectivity index (χ4n) is 1.99. The molecule has 0 saturated carbocycles. The summed E-state index contributed by atoms with van der Waals surface area (Å²) in [6, 6.07) is 1.88. The Morgan fingerprint density at radius 1 is 1.53 bits per heavy atom. The van der Waals surface area contributed by atoms with E-state index in [9.17, 15) is 0 Å². The third kappa shape index (κ3) is 2.67. The molecule has 1 saturated heterocycles. The number of morpholine rings is 1. The second kappa shape index (κ2) is 5.01. The third-order valence-electron chi connectivity index (χ3n) is 2.93. The molecule has 94 valence electrons. The standard InChI is InChI=1S/C12H16Cl2N2O/c1-12(2)8-17-4-3-16(12)11-10(14)5-9(6-13)7-15-11/h5,7H,3-4,6,8H2,1-2H3. The van der Waals surface area contributed by atoms with Gasteiger partial charge in [-0.2, -0.15) is 0 Å². The number of rotatable bonds is 2. The first kappa shape index (κ1) is 12.9. The van der Waals surface area contributed by atoms with Gasteiger partial charge in [0.15, 0.2) is 0 Å². The maximum absolute atomic E-state index is 6.27. The molecule has 0 aliphatic carbocycles. The molecule has 1 aliphatic rings. The average molecular weight is 275 g/mol. The van der Waals surface area contributed by atoms with Crippen molar-refractivity contribution in [3.8, 4) is 0 Å². The maximum atomic E-state index is 6.27. The molecular weight excluding hydrogens is 259 g/mol. The fourth-order valence-corrected chi connectivity index (χ4v) is 2.43. The molecule has 0 atom stereocenters. The number of nitrogens with zero attached hydrogens (tertiary/aromatic N) is 2. The summed E-state index contributed by atoms with van der Waals surface area (Å²) in [5, 5.41) is 0.651. The van der Waals surface area contributed by atoms with Crippen molar-refractivity contribution in [2.45, 2.75) is 25.3 Å². The Kier molecular flexibility index (Phi) is 3.81. The van der Waals surface area contributed by atoms with Gasteiger partial charge in [-0.25, -0.2) is 4.98 Å². The average Bonchev–Trinajstić information content (AvgIpc) is 2.29. The van der Waals surface area contributed by atoms with E-state index >= 15 is 0 Å². The van der Waals surface area contributed by atoms with Gasteiger partial charge in [0.2, 0.25) is 0 Å². The van der Waals surface area contributed by atoms with Crippen LogP contribution in [0.4, 0.5) is 5.82 Å². The minimum atomic E-state index is -0.0859. The molecule has 1 aromatic heterocycles. The predicted molar refractivity (Wildman–Crippen MR) is 71.0 cm³/mol. The van der Waals surface area contributed by atoms with Gasteiger partial charge in [0.25, 0.3) is 0 Å². The number of hydrogen-bond donors (Lipinski definition) is 0. The number of alkyl halides is 1. The van der Waals surface area contributed by atoms with Crippen molar-refractivity contribution in [1.82, 2.24) is 4.98 Å². The highest BCUT2D eigenvalue weighted by Gasteiger charge is 2.32. The van der Waals surface area contributed by atoms with Gasteiger partial charge in [0.1, 0.15) is 5.82 Å². The largest absolute Gasteiger partial charge is 0.377 e. The Labute approximate surface area is 112 Å². The quantitative estimate of drug-likeness (QED) is 0.775. The first-order valence-corrected chi connectivity index (χ1v) is 6.51. The number of aromatic nitrogens is 1. The summed E-state index contributed by atoms with van der Waals surface area (Å²) in [7, 11) is 0. The summed E-state index contributed by atoms with van der Waals surface area (Å²) in [5.74, 6) is 1.24. The van der Waals surface area contributed by atoms with Crippen LogP contribution in [0.3, 0.4) is 0 Å². The zero-order chi connectivity index (χ0) is 12.5. The van der Waals surface area contributed by atoms with Crippen molar-refractivity contribution < 1.29 is 4.74 Å². The highest BCUT2D eigenvalue weighted by Crippen LogP contribution is 2.31. The zero-order valence-electron chi connectivity index (χ0n) is 10.0. The molecule has 17 heavy (non-hydrogen) atoms. The van der Waals surface area contributed by atoms with Crippen LogP contribution in [0.5, 0.6) is 0 Å². The molecule has 0 radical (unpaired) electrons. The fraction of sp³-hybridized carbons (Fsp3) is 0.583. The van der Waals surface area contributed by atoms with Gasteiger partial charge in [-0.15, -0.1) is 11.6 Å². The molecule has 0 bridgehead atoms. The predicted octanol–water partition coefficient (Wildman–Crippen LogP) is 3.09. The van der Waals surface area contributed by atoms with E-state index in [1.54, 1.807) is 6.20 Å². The number of pyridine rings is 1. The van der Waals surface area contributed by atoms with Gasteiger partial charge in [0, 0.05) is 18.6 Å². The van der Waals surface area contributed by atoms with Crippen LogP contribution in [0.1, 0.15) is 19.4 Å². The smallest absolute Gasteiger partial charge is 0.147 e. The second-order valence-electron chi connectivity index (χ2n) is 4.80. The molecule has 0 spiro atoms. The molecular formula is C12H16Cl2N2O. The van der Waals surface area contributed by atoms with E-state index in [-0.39, 0.29) is 5.54 Å². The first-order chi connectivity index (χ1) is 8.04. The normalized spacial score (nSPS) is 19.4. The van der Waals surface area contributed by atoms with E-state index in [1.165, 1.54) is 0 Å². The lowest BCUT2D eigenvalue weighted by molar-refractivity contribution is 0.0639. The molecule has 1 aliphatic heterocycles. The zero-order valence-corrected chi connectivity index (χ0v) is 11.6. The van der Waals surface area contributed by atoms with Gasteiger partial charge in [-0.05, 0) is 25.5 Å². The molecule has 5 heteroatoms. The van der Waals surface area contributed by atoms with Gasteiger partial charge in [-0.1, -0.05) is 11.6 Å². The summed E-state index contributed by atoms with van der Waals surface area (Å²) in [5.41, 5.74) is 0.851. The van der Waals surface area contributed by atoms with Gasteiger partial charge < -0.3 is 9.64 Å². The molecule has 3 nitrogen and oxygen atoms in total. The van der Waals surface area contributed by atoms with Crippen LogP contribution in [0.25, 0.3) is 0 Å². The minimum absolute atomic E-state index is 0.0859. The van der Waals surface area contributed by atoms with E-state index < -0.39 is 0 Å². The van der Waals surface area contributed by atoms with Crippen molar-refractivity contribution in [3.05, 3.63) is 22.8 Å². The Hall–Kier alpha value is -0.510. The van der Waals surface area contributed by atoms with E-state index in [0.29, 0.717) is 24.1 Å². The SMILES string of the molecule is CC1(C)COCCN1c1ncc(CCl)cc1Cl. The summed E-state index contributed by atoms with van der Waals surface area (Å²) < 4.78 is 5.49. The molecule has 2 heterocycles. The Balaban J connectivity index is 2.32. The third-order valence-corrected chi connectivity index (χ3v) is 3.52. The van der Waals surface area contributed by atoms with Crippen molar-refractivity contribution >= 4 is 29.0 Å². The van der Waals surface area contributed by atoms with Crippen LogP contribution in [-0.4, -0.2) is 30.3 Å². The molecule has 1 fully saturated rings. The van der Waals surface area contributed by atoms with Crippen LogP contribution < -0.4 is 4.90 Å². The van der Waals surface area contributed by atoms with Crippen LogP contribution in [0.15, 0.2) is 12.3 Å². The van der Waals surface area contributed by atoms with E-state index in [1.807, 2.05) is 6.07 Å². The van der Waals surface area contributed by atoms with Gasteiger partial charge in [-0.3, -0.25) is 0 Å². The molecule has 0 N–H and O–H groups in total. The van der Waals surface area contributed by atoms with Crippen LogP contribution in [0.2, 0.25) is 5.02 Å². The van der Waals surface area contributed by atoms with Crippen molar-refractivity contribution in [1.29, 1.82) is 0 Å². The van der Waals surface area contributed by atoms with E-state index in [4.69, 9.17) is 27.9 Å². The monoisotopic (exact) mass is 274 g/mol. The molecule has 0 amide bonds. The van der Waals surface area contributed by atoms with Crippen molar-refractivity contribution in [2.24, 2.45) is 0 Å². The molecule has 0 unspecified atom stereocenters. The Morgan fingerprint density at radius 2 is 2.29 bits per heavy atom. The molecule has 1 aromatic rings. The maximum Gasteiger partial charge on any atom is 0.147 e. The first-order valence-electron chi connectivity index (χ1n) is 5.60. The van der Waals surface area contributed by atoms with Crippen LogP contribution in [-0.2, 0) is 10.6 Å². The highest BCUT2D eigenvalue weighted by atomic mass is 35.5. The number of ether oxygens (including phenoxy) is 1. The molecule has 0 aromatic carbocycles. The van der Waals surface area contributed by atoms with E-state index in [0.717, 1.165) is 17.9 Å². The summed E-state index contributed by atoms with van der Waals surface area (Å²) in [4.78, 5) is 6.61. The summed E-state index contributed by atoms with van der Waals surface area (Å²) in [6.45, 7) is 6.44. The van der Waals surface area contributed by atoms with Gasteiger partial charge >= 0.3 is 0 Å². The van der Waals surface area contributed by atoms with Crippen molar-refractivity contribution in [3.63, 3.8) is 0 Å². The van der Waals surface area contributed by atoms with Gasteiger partial charge in [0.05, 0.1) is 23.8 Å². The number of hydrogen-bond acceptors (Lipinski definition) is 3. The number of halogens is 2. The van der Waals surface area contributed by atoms with Crippen LogP contribution >= 0.6 is 23.2 Å². The van der Waals surface area contributed by atoms with Crippen molar-refractivity contribution in [2.75, 3.05) is 24.7 Å². The Morgan fingerprint density at radius 3 is 2.88 bits per heavy atom. The lowest BCUT2D eigenvalue weighted by atomic mass is 10.0. The topological polar surface area (TPSA) is 25.4 Å².